The Bertz CT molecular complexity index is 474. The highest BCUT2D eigenvalue weighted by molar-refractivity contribution is 4.57. The van der Waals surface area contributed by atoms with Gasteiger partial charge in [0.05, 0.1) is 6.10 Å². The van der Waals surface area contributed by atoms with Gasteiger partial charge in [-0.1, -0.05) is 258 Å². The zero-order valence-electron chi connectivity index (χ0n) is 31.3. The molecule has 0 amide bonds. The average Bonchev–Trinajstić information content (AvgIpc) is 3.03. The summed E-state index contributed by atoms with van der Waals surface area (Å²) in [7, 11) is 0. The van der Waals surface area contributed by atoms with Crippen LogP contribution in [0.1, 0.15) is 271 Å². The summed E-state index contributed by atoms with van der Waals surface area (Å²) in [6.07, 6.45) is 56.9. The third-order valence-corrected chi connectivity index (χ3v) is 10.3. The Morgan fingerprint density at radius 3 is 0.591 bits per heavy atom. The van der Waals surface area contributed by atoms with Gasteiger partial charge in [0.2, 0.25) is 0 Å². The van der Waals surface area contributed by atoms with Gasteiger partial charge < -0.3 is 5.11 Å². The molecule has 1 N–H and O–H groups in total. The molecule has 0 spiro atoms. The second-order valence-electron chi connectivity index (χ2n) is 15.0. The van der Waals surface area contributed by atoms with Gasteiger partial charge in [0.15, 0.2) is 0 Å². The topological polar surface area (TPSA) is 20.2 Å². The van der Waals surface area contributed by atoms with Crippen LogP contribution in [0.4, 0.5) is 0 Å². The van der Waals surface area contributed by atoms with Gasteiger partial charge in [-0.25, -0.2) is 0 Å². The first-order valence-corrected chi connectivity index (χ1v) is 21.5. The molecule has 0 saturated carbocycles. The molecule has 0 aliphatic heterocycles. The third kappa shape index (κ3) is 40.0. The second kappa shape index (κ2) is 41.0. The van der Waals surface area contributed by atoms with Crippen LogP contribution in [-0.2, 0) is 0 Å². The van der Waals surface area contributed by atoms with Gasteiger partial charge in [-0.05, 0) is 12.8 Å². The van der Waals surface area contributed by atoms with Crippen molar-refractivity contribution < 1.29 is 5.11 Å². The molecule has 0 rings (SSSR count). The lowest BCUT2D eigenvalue weighted by atomic mass is 10.0. The van der Waals surface area contributed by atoms with E-state index in [0.29, 0.717) is 0 Å². The van der Waals surface area contributed by atoms with E-state index in [2.05, 4.69) is 13.8 Å². The van der Waals surface area contributed by atoms with E-state index in [0.717, 1.165) is 12.8 Å². The average molecular weight is 621 g/mol. The summed E-state index contributed by atoms with van der Waals surface area (Å²) in [6, 6.07) is 0. The highest BCUT2D eigenvalue weighted by Crippen LogP contribution is 2.18. The lowest BCUT2D eigenvalue weighted by molar-refractivity contribution is 0.148. The van der Waals surface area contributed by atoms with E-state index in [1.165, 1.54) is 244 Å². The van der Waals surface area contributed by atoms with Crippen LogP contribution in [0.3, 0.4) is 0 Å². The number of hydrogen-bond acceptors (Lipinski definition) is 1. The number of aliphatic hydroxyl groups excluding tert-OH is 1. The number of rotatable bonds is 40. The van der Waals surface area contributed by atoms with Gasteiger partial charge >= 0.3 is 0 Å². The molecule has 0 aromatic carbocycles. The van der Waals surface area contributed by atoms with Crippen LogP contribution in [0, 0.1) is 0 Å². The van der Waals surface area contributed by atoms with Crippen molar-refractivity contribution in [2.24, 2.45) is 0 Å². The summed E-state index contributed by atoms with van der Waals surface area (Å²) in [5.74, 6) is 0. The van der Waals surface area contributed by atoms with Crippen molar-refractivity contribution in [2.75, 3.05) is 0 Å². The Morgan fingerprint density at radius 2 is 0.386 bits per heavy atom. The largest absolute Gasteiger partial charge is 0.393 e. The molecule has 266 valence electrons. The molecule has 1 atom stereocenters. The summed E-state index contributed by atoms with van der Waals surface area (Å²) in [5.41, 5.74) is 0. The molecule has 0 aromatic rings. The highest BCUT2D eigenvalue weighted by Gasteiger charge is 2.03. The maximum absolute atomic E-state index is 9.90. The van der Waals surface area contributed by atoms with Crippen molar-refractivity contribution in [1.82, 2.24) is 0 Å². The predicted molar refractivity (Wildman–Crippen MR) is 202 cm³/mol. The number of hydrogen-bond donors (Lipinski definition) is 1. The molecule has 0 aromatic heterocycles. The fraction of sp³-hybridized carbons (Fsp3) is 1.00. The minimum atomic E-state index is -0.0342. The zero-order valence-corrected chi connectivity index (χ0v) is 31.3. The standard InChI is InChI=1S/C43H88O/c1-3-5-7-8-9-10-11-12-13-14-15-16-17-18-19-20-21-22-23-24-25-26-27-28-29-30-31-32-33-34-35-36-37-38-39-40-42-43(44)41-6-4-2/h43-44H,3-42H2,1-2H3/t43-/m1/s1. The molecular weight excluding hydrogens is 532 g/mol. The first-order valence-electron chi connectivity index (χ1n) is 21.5. The molecule has 0 radical (unpaired) electrons. The van der Waals surface area contributed by atoms with E-state index >= 15 is 0 Å². The van der Waals surface area contributed by atoms with Gasteiger partial charge in [0.25, 0.3) is 0 Å². The van der Waals surface area contributed by atoms with E-state index in [-0.39, 0.29) is 6.10 Å². The molecule has 1 nitrogen and oxygen atoms in total. The summed E-state index contributed by atoms with van der Waals surface area (Å²) in [4.78, 5) is 0. The molecule has 1 heteroatoms. The summed E-state index contributed by atoms with van der Waals surface area (Å²) in [6.45, 7) is 4.51. The molecular formula is C43H88O. The molecule has 0 heterocycles. The maximum Gasteiger partial charge on any atom is 0.0540 e. The van der Waals surface area contributed by atoms with Gasteiger partial charge in [-0.15, -0.1) is 0 Å². The van der Waals surface area contributed by atoms with Crippen molar-refractivity contribution >= 4 is 0 Å². The van der Waals surface area contributed by atoms with Crippen molar-refractivity contribution in [3.63, 3.8) is 0 Å². The van der Waals surface area contributed by atoms with Gasteiger partial charge in [-0.3, -0.25) is 0 Å². The fourth-order valence-electron chi connectivity index (χ4n) is 7.05. The van der Waals surface area contributed by atoms with Crippen LogP contribution in [-0.4, -0.2) is 11.2 Å². The van der Waals surface area contributed by atoms with Crippen LogP contribution < -0.4 is 0 Å². The summed E-state index contributed by atoms with van der Waals surface area (Å²) >= 11 is 0. The fourth-order valence-corrected chi connectivity index (χ4v) is 7.05. The molecule has 0 aliphatic carbocycles. The Balaban J connectivity index is 3.05. The second-order valence-corrected chi connectivity index (χ2v) is 15.0. The van der Waals surface area contributed by atoms with Crippen molar-refractivity contribution in [2.45, 2.75) is 277 Å². The third-order valence-electron chi connectivity index (χ3n) is 10.3. The van der Waals surface area contributed by atoms with Gasteiger partial charge in [0.1, 0.15) is 0 Å². The minimum absolute atomic E-state index is 0.0342. The summed E-state index contributed by atoms with van der Waals surface area (Å²) < 4.78 is 0. The van der Waals surface area contributed by atoms with Crippen LogP contribution in [0.5, 0.6) is 0 Å². The molecule has 0 bridgehead atoms. The highest BCUT2D eigenvalue weighted by atomic mass is 16.3. The Kier molecular flexibility index (Phi) is 40.9. The van der Waals surface area contributed by atoms with E-state index < -0.39 is 0 Å². The quantitative estimate of drug-likeness (QED) is 0.0676. The zero-order chi connectivity index (χ0) is 31.9. The predicted octanol–water partition coefficient (Wildman–Crippen LogP) is 16.0. The van der Waals surface area contributed by atoms with Crippen LogP contribution in [0.15, 0.2) is 0 Å². The molecule has 0 fully saturated rings. The van der Waals surface area contributed by atoms with Crippen molar-refractivity contribution in [1.29, 1.82) is 0 Å². The van der Waals surface area contributed by atoms with Gasteiger partial charge in [-0.2, -0.15) is 0 Å². The van der Waals surface area contributed by atoms with E-state index in [9.17, 15) is 5.11 Å². The Hall–Kier alpha value is -0.0400. The SMILES string of the molecule is CCCCCCCCCCCCCCCCCCCCCCCCCCCCCCCCCCCCCC[C@H](O)CCCC. The monoisotopic (exact) mass is 621 g/mol. The van der Waals surface area contributed by atoms with Crippen LogP contribution in [0.2, 0.25) is 0 Å². The van der Waals surface area contributed by atoms with Gasteiger partial charge in [0, 0.05) is 0 Å². The molecule has 0 aliphatic rings. The first kappa shape index (κ1) is 44.0. The Morgan fingerprint density at radius 1 is 0.227 bits per heavy atom. The van der Waals surface area contributed by atoms with Crippen molar-refractivity contribution in [3.05, 3.63) is 0 Å². The first-order chi connectivity index (χ1) is 21.8. The molecule has 0 unspecified atom stereocenters. The van der Waals surface area contributed by atoms with E-state index in [4.69, 9.17) is 0 Å². The molecule has 0 saturated heterocycles. The smallest absolute Gasteiger partial charge is 0.0540 e. The maximum atomic E-state index is 9.90. The normalized spacial score (nSPS) is 12.3. The lowest BCUT2D eigenvalue weighted by Crippen LogP contribution is -2.05. The molecule has 44 heavy (non-hydrogen) atoms. The lowest BCUT2D eigenvalue weighted by Gasteiger charge is -2.09. The van der Waals surface area contributed by atoms with E-state index in [1.807, 2.05) is 0 Å². The minimum Gasteiger partial charge on any atom is -0.393 e. The summed E-state index contributed by atoms with van der Waals surface area (Å²) in [5, 5.41) is 9.90. The number of aliphatic hydroxyl groups is 1. The van der Waals surface area contributed by atoms with E-state index in [1.54, 1.807) is 0 Å². The van der Waals surface area contributed by atoms with Crippen LogP contribution in [0.25, 0.3) is 0 Å². The number of unbranched alkanes of at least 4 members (excludes halogenated alkanes) is 36. The Labute approximate surface area is 281 Å². The van der Waals surface area contributed by atoms with Crippen LogP contribution >= 0.6 is 0 Å². The van der Waals surface area contributed by atoms with Crippen molar-refractivity contribution in [3.8, 4) is 0 Å².